The largest absolute Gasteiger partial charge is 0.489 e. The lowest BCUT2D eigenvalue weighted by molar-refractivity contribution is 0.304. The lowest BCUT2D eigenvalue weighted by Crippen LogP contribution is -2.11. The van der Waals surface area contributed by atoms with Crippen LogP contribution in [-0.2, 0) is 6.61 Å². The van der Waals surface area contributed by atoms with Crippen LogP contribution < -0.4 is 10.1 Å². The van der Waals surface area contributed by atoms with Crippen molar-refractivity contribution in [3.63, 3.8) is 0 Å². The zero-order chi connectivity index (χ0) is 14.5. The molecule has 0 aliphatic carbocycles. The molecule has 0 spiro atoms. The average molecular weight is 269 g/mol. The van der Waals surface area contributed by atoms with Crippen molar-refractivity contribution in [3.05, 3.63) is 64.7 Å². The van der Waals surface area contributed by atoms with E-state index in [1.807, 2.05) is 19.2 Å². The summed E-state index contributed by atoms with van der Waals surface area (Å²) in [6.45, 7) is 7.03. The standard InChI is InChI=1S/C18H23NO/c1-13-6-5-7-14(2)18(13)12-20-17-10-8-16(9-11-17)15(3)19-4/h5-11,15,19H,12H2,1-4H3. The molecule has 0 saturated heterocycles. The number of nitrogens with one attached hydrogen (secondary N) is 1. The van der Waals surface area contributed by atoms with Gasteiger partial charge in [0.15, 0.2) is 0 Å². The molecule has 1 N–H and O–H groups in total. The van der Waals surface area contributed by atoms with Crippen molar-refractivity contribution in [3.8, 4) is 5.75 Å². The molecule has 2 aromatic rings. The summed E-state index contributed by atoms with van der Waals surface area (Å²) in [5, 5.41) is 3.23. The van der Waals surface area contributed by atoms with Gasteiger partial charge in [0.05, 0.1) is 0 Å². The molecular weight excluding hydrogens is 246 g/mol. The van der Waals surface area contributed by atoms with E-state index in [4.69, 9.17) is 4.74 Å². The van der Waals surface area contributed by atoms with Crippen LogP contribution in [0.25, 0.3) is 0 Å². The van der Waals surface area contributed by atoms with Crippen LogP contribution in [0.1, 0.15) is 35.2 Å². The second kappa shape index (κ2) is 6.58. The Morgan fingerprint density at radius 2 is 1.60 bits per heavy atom. The lowest BCUT2D eigenvalue weighted by Gasteiger charge is -2.13. The van der Waals surface area contributed by atoms with Gasteiger partial charge in [0, 0.05) is 6.04 Å². The minimum absolute atomic E-state index is 0.364. The van der Waals surface area contributed by atoms with Gasteiger partial charge in [0.1, 0.15) is 12.4 Å². The monoisotopic (exact) mass is 269 g/mol. The third-order valence-electron chi connectivity index (χ3n) is 3.84. The highest BCUT2D eigenvalue weighted by molar-refractivity contribution is 5.34. The zero-order valence-corrected chi connectivity index (χ0v) is 12.7. The van der Waals surface area contributed by atoms with Crippen molar-refractivity contribution in [2.75, 3.05) is 7.05 Å². The number of aryl methyl sites for hydroxylation is 2. The van der Waals surface area contributed by atoms with Crippen LogP contribution in [0.15, 0.2) is 42.5 Å². The van der Waals surface area contributed by atoms with Gasteiger partial charge in [-0.3, -0.25) is 0 Å². The Hall–Kier alpha value is -1.80. The fraction of sp³-hybridized carbons (Fsp3) is 0.333. The number of ether oxygens (including phenoxy) is 1. The van der Waals surface area contributed by atoms with Gasteiger partial charge >= 0.3 is 0 Å². The smallest absolute Gasteiger partial charge is 0.119 e. The first-order chi connectivity index (χ1) is 9.61. The van der Waals surface area contributed by atoms with Crippen LogP contribution in [0.4, 0.5) is 0 Å². The number of rotatable bonds is 5. The van der Waals surface area contributed by atoms with Crippen molar-refractivity contribution in [2.45, 2.75) is 33.4 Å². The molecule has 1 atom stereocenters. The number of benzene rings is 2. The van der Waals surface area contributed by atoms with Crippen LogP contribution in [0.5, 0.6) is 5.75 Å². The first-order valence-electron chi connectivity index (χ1n) is 7.07. The van der Waals surface area contributed by atoms with E-state index >= 15 is 0 Å². The van der Waals surface area contributed by atoms with Crippen molar-refractivity contribution in [1.29, 1.82) is 0 Å². The third kappa shape index (κ3) is 3.40. The topological polar surface area (TPSA) is 21.3 Å². The Kier molecular flexibility index (Phi) is 4.80. The predicted molar refractivity (Wildman–Crippen MR) is 84.2 cm³/mol. The van der Waals surface area contributed by atoms with Crippen molar-refractivity contribution < 1.29 is 4.74 Å². The zero-order valence-electron chi connectivity index (χ0n) is 12.7. The van der Waals surface area contributed by atoms with E-state index in [0.717, 1.165) is 5.75 Å². The molecule has 106 valence electrons. The van der Waals surface area contributed by atoms with Crippen LogP contribution in [0, 0.1) is 13.8 Å². The maximum Gasteiger partial charge on any atom is 0.119 e. The van der Waals surface area contributed by atoms with E-state index in [-0.39, 0.29) is 0 Å². The maximum atomic E-state index is 5.90. The van der Waals surface area contributed by atoms with Gasteiger partial charge in [-0.1, -0.05) is 30.3 Å². The average Bonchev–Trinajstić information content (AvgIpc) is 2.46. The van der Waals surface area contributed by atoms with E-state index in [9.17, 15) is 0 Å². The lowest BCUT2D eigenvalue weighted by atomic mass is 10.0. The Morgan fingerprint density at radius 1 is 1.00 bits per heavy atom. The molecule has 2 nitrogen and oxygen atoms in total. The Balaban J connectivity index is 2.04. The molecule has 2 heteroatoms. The predicted octanol–water partition coefficient (Wildman–Crippen LogP) is 4.16. The highest BCUT2D eigenvalue weighted by Gasteiger charge is 2.05. The summed E-state index contributed by atoms with van der Waals surface area (Å²) in [4.78, 5) is 0. The fourth-order valence-corrected chi connectivity index (χ4v) is 2.25. The second-order valence-electron chi connectivity index (χ2n) is 5.24. The Labute approximate surface area is 121 Å². The summed E-state index contributed by atoms with van der Waals surface area (Å²) < 4.78 is 5.90. The number of hydrogen-bond acceptors (Lipinski definition) is 2. The Bertz CT molecular complexity index is 540. The molecule has 0 aliphatic rings. The molecule has 2 rings (SSSR count). The van der Waals surface area contributed by atoms with Crippen molar-refractivity contribution in [1.82, 2.24) is 5.32 Å². The molecule has 0 heterocycles. The molecule has 2 aromatic carbocycles. The van der Waals surface area contributed by atoms with Gasteiger partial charge in [-0.05, 0) is 62.2 Å². The van der Waals surface area contributed by atoms with Gasteiger partial charge in [-0.25, -0.2) is 0 Å². The van der Waals surface area contributed by atoms with Crippen LogP contribution in [0.2, 0.25) is 0 Å². The van der Waals surface area contributed by atoms with Crippen molar-refractivity contribution >= 4 is 0 Å². The summed E-state index contributed by atoms with van der Waals surface area (Å²) in [6.07, 6.45) is 0. The first-order valence-corrected chi connectivity index (χ1v) is 7.07. The van der Waals surface area contributed by atoms with E-state index in [1.54, 1.807) is 0 Å². The normalized spacial score (nSPS) is 12.2. The SMILES string of the molecule is CNC(C)c1ccc(OCc2c(C)cccc2C)cc1. The minimum Gasteiger partial charge on any atom is -0.489 e. The van der Waals surface area contributed by atoms with E-state index in [2.05, 4.69) is 56.4 Å². The highest BCUT2D eigenvalue weighted by atomic mass is 16.5. The maximum absolute atomic E-state index is 5.90. The minimum atomic E-state index is 0.364. The Morgan fingerprint density at radius 3 is 2.15 bits per heavy atom. The molecule has 0 amide bonds. The summed E-state index contributed by atoms with van der Waals surface area (Å²) in [5.41, 5.74) is 5.11. The summed E-state index contributed by atoms with van der Waals surface area (Å²) >= 11 is 0. The van der Waals surface area contributed by atoms with Crippen LogP contribution >= 0.6 is 0 Å². The van der Waals surface area contributed by atoms with Gasteiger partial charge in [0.25, 0.3) is 0 Å². The molecule has 0 aromatic heterocycles. The quantitative estimate of drug-likeness (QED) is 0.880. The molecule has 0 radical (unpaired) electrons. The molecule has 20 heavy (non-hydrogen) atoms. The van der Waals surface area contributed by atoms with E-state index in [0.29, 0.717) is 12.6 Å². The highest BCUT2D eigenvalue weighted by Crippen LogP contribution is 2.20. The summed E-state index contributed by atoms with van der Waals surface area (Å²) in [7, 11) is 1.97. The number of hydrogen-bond donors (Lipinski definition) is 1. The molecule has 0 aliphatic heterocycles. The van der Waals surface area contributed by atoms with Crippen LogP contribution in [0.3, 0.4) is 0 Å². The molecular formula is C18H23NO. The van der Waals surface area contributed by atoms with Crippen LogP contribution in [-0.4, -0.2) is 7.05 Å². The van der Waals surface area contributed by atoms with Crippen molar-refractivity contribution in [2.24, 2.45) is 0 Å². The van der Waals surface area contributed by atoms with Gasteiger partial charge in [-0.2, -0.15) is 0 Å². The summed E-state index contributed by atoms with van der Waals surface area (Å²) in [5.74, 6) is 0.916. The van der Waals surface area contributed by atoms with Gasteiger partial charge in [-0.15, -0.1) is 0 Å². The summed E-state index contributed by atoms with van der Waals surface area (Å²) in [6, 6.07) is 15.0. The first kappa shape index (κ1) is 14.6. The van der Waals surface area contributed by atoms with Gasteiger partial charge < -0.3 is 10.1 Å². The van der Waals surface area contributed by atoms with E-state index < -0.39 is 0 Å². The molecule has 0 fully saturated rings. The third-order valence-corrected chi connectivity index (χ3v) is 3.84. The second-order valence-corrected chi connectivity index (χ2v) is 5.24. The van der Waals surface area contributed by atoms with E-state index in [1.165, 1.54) is 22.3 Å². The fourth-order valence-electron chi connectivity index (χ4n) is 2.25. The molecule has 0 bridgehead atoms. The molecule has 1 unspecified atom stereocenters. The molecule has 0 saturated carbocycles. The van der Waals surface area contributed by atoms with Gasteiger partial charge in [0.2, 0.25) is 0 Å².